The zero-order valence-electron chi connectivity index (χ0n) is 15.1. The number of amides is 1. The van der Waals surface area contributed by atoms with Crippen molar-refractivity contribution in [2.24, 2.45) is 0 Å². The summed E-state index contributed by atoms with van der Waals surface area (Å²) in [6.45, 7) is 0.370. The van der Waals surface area contributed by atoms with Crippen LogP contribution in [0.3, 0.4) is 0 Å². The van der Waals surface area contributed by atoms with E-state index in [2.05, 4.69) is 20.0 Å². The second-order valence-electron chi connectivity index (χ2n) is 6.21. The van der Waals surface area contributed by atoms with Gasteiger partial charge in [0.25, 0.3) is 5.56 Å². The molecule has 0 atom stereocenters. The van der Waals surface area contributed by atoms with Crippen LogP contribution >= 0.6 is 0 Å². The molecule has 0 bridgehead atoms. The van der Waals surface area contributed by atoms with Gasteiger partial charge < -0.3 is 15.0 Å². The Hall–Kier alpha value is -2.88. The fraction of sp³-hybridized carbons (Fsp3) is 0.389. The van der Waals surface area contributed by atoms with Gasteiger partial charge >= 0.3 is 11.9 Å². The lowest BCUT2D eigenvalue weighted by Crippen LogP contribution is -2.29. The first-order valence-corrected chi connectivity index (χ1v) is 8.45. The fourth-order valence-corrected chi connectivity index (χ4v) is 2.49. The van der Waals surface area contributed by atoms with Crippen LogP contribution in [0, 0.1) is 6.92 Å². The van der Waals surface area contributed by atoms with Crippen molar-refractivity contribution in [3.05, 3.63) is 67.5 Å². The van der Waals surface area contributed by atoms with Gasteiger partial charge in [0.2, 0.25) is 5.91 Å². The summed E-state index contributed by atoms with van der Waals surface area (Å²) in [4.78, 5) is 39.4. The van der Waals surface area contributed by atoms with Crippen molar-refractivity contribution in [3.8, 4) is 0 Å². The highest BCUT2D eigenvalue weighted by Gasteiger charge is 2.27. The van der Waals surface area contributed by atoms with Crippen molar-refractivity contribution in [3.63, 3.8) is 0 Å². The van der Waals surface area contributed by atoms with Crippen molar-refractivity contribution < 1.29 is 22.7 Å². The summed E-state index contributed by atoms with van der Waals surface area (Å²) >= 11 is 0. The number of benzene rings is 1. The Kier molecular flexibility index (Phi) is 7.16. The summed E-state index contributed by atoms with van der Waals surface area (Å²) in [7, 11) is 0. The van der Waals surface area contributed by atoms with Gasteiger partial charge in [0.15, 0.2) is 0 Å². The third kappa shape index (κ3) is 7.03. The number of hydrogen-bond acceptors (Lipinski definition) is 4. The van der Waals surface area contributed by atoms with Gasteiger partial charge in [-0.1, -0.05) is 24.3 Å². The number of aromatic amines is 2. The van der Waals surface area contributed by atoms with Crippen LogP contribution in [0.4, 0.5) is 13.2 Å². The molecular formula is C18H20F3N3O4. The zero-order chi connectivity index (χ0) is 20.7. The molecule has 2 rings (SSSR count). The second kappa shape index (κ2) is 9.36. The number of nitrogens with one attached hydrogen (secondary N) is 3. The molecule has 1 amide bonds. The Labute approximate surface area is 157 Å². The molecule has 7 nitrogen and oxygen atoms in total. The van der Waals surface area contributed by atoms with Crippen LogP contribution in [-0.4, -0.2) is 28.7 Å². The van der Waals surface area contributed by atoms with Crippen LogP contribution in [0.1, 0.15) is 28.8 Å². The van der Waals surface area contributed by atoms with Crippen molar-refractivity contribution in [2.75, 3.05) is 6.61 Å². The molecule has 10 heteroatoms. The van der Waals surface area contributed by atoms with Gasteiger partial charge in [0.1, 0.15) is 6.61 Å². The monoisotopic (exact) mass is 399 g/mol. The molecule has 152 valence electrons. The smallest absolute Gasteiger partial charge is 0.367 e. The highest BCUT2D eigenvalue weighted by molar-refractivity contribution is 5.76. The van der Waals surface area contributed by atoms with E-state index in [1.54, 1.807) is 31.2 Å². The number of ether oxygens (including phenoxy) is 1. The molecule has 1 aromatic carbocycles. The first kappa shape index (κ1) is 21.4. The molecule has 0 aliphatic rings. The SMILES string of the molecule is Cc1[nH]c(=O)[nH]c(=O)c1CCC(=O)NCc1ccc(COCC(F)(F)F)cc1. The van der Waals surface area contributed by atoms with Gasteiger partial charge in [-0.05, 0) is 24.5 Å². The predicted octanol–water partition coefficient (Wildman–Crippen LogP) is 1.70. The summed E-state index contributed by atoms with van der Waals surface area (Å²) in [6, 6.07) is 6.62. The maximum absolute atomic E-state index is 12.0. The summed E-state index contributed by atoms with van der Waals surface area (Å²) in [5.41, 5.74) is 1.02. The highest BCUT2D eigenvalue weighted by atomic mass is 19.4. The predicted molar refractivity (Wildman–Crippen MR) is 94.7 cm³/mol. The third-order valence-corrected chi connectivity index (χ3v) is 3.90. The Morgan fingerprint density at radius 1 is 1.11 bits per heavy atom. The van der Waals surface area contributed by atoms with E-state index in [9.17, 15) is 27.6 Å². The minimum Gasteiger partial charge on any atom is -0.367 e. The quantitative estimate of drug-likeness (QED) is 0.629. The number of H-pyrrole nitrogens is 2. The van der Waals surface area contributed by atoms with E-state index < -0.39 is 24.0 Å². The van der Waals surface area contributed by atoms with E-state index in [1.165, 1.54) is 0 Å². The van der Waals surface area contributed by atoms with E-state index in [-0.39, 0.29) is 31.9 Å². The highest BCUT2D eigenvalue weighted by Crippen LogP contribution is 2.15. The van der Waals surface area contributed by atoms with Gasteiger partial charge in [-0.15, -0.1) is 0 Å². The molecule has 28 heavy (non-hydrogen) atoms. The van der Waals surface area contributed by atoms with Crippen LogP contribution in [0.25, 0.3) is 0 Å². The van der Waals surface area contributed by atoms with Crippen LogP contribution in [-0.2, 0) is 29.1 Å². The second-order valence-corrected chi connectivity index (χ2v) is 6.21. The summed E-state index contributed by atoms with van der Waals surface area (Å²) in [5, 5.41) is 2.70. The van der Waals surface area contributed by atoms with Crippen molar-refractivity contribution in [2.45, 2.75) is 39.1 Å². The van der Waals surface area contributed by atoms with E-state index in [0.717, 1.165) is 5.56 Å². The maximum atomic E-state index is 12.0. The average Bonchev–Trinajstić information content (AvgIpc) is 2.59. The first-order valence-electron chi connectivity index (χ1n) is 8.45. The standard InChI is InChI=1S/C18H20F3N3O4/c1-11-14(16(26)24-17(27)23-11)6-7-15(25)22-8-12-2-4-13(5-3-12)9-28-10-18(19,20)21/h2-5H,6-10H2,1H3,(H,22,25)(H2,23,24,26,27). The van der Waals surface area contributed by atoms with Gasteiger partial charge in [-0.25, -0.2) is 4.79 Å². The largest absolute Gasteiger partial charge is 0.411 e. The van der Waals surface area contributed by atoms with Crippen LogP contribution in [0.15, 0.2) is 33.9 Å². The molecule has 1 heterocycles. The van der Waals surface area contributed by atoms with Crippen molar-refractivity contribution in [1.82, 2.24) is 15.3 Å². The molecule has 0 spiro atoms. The lowest BCUT2D eigenvalue weighted by Gasteiger charge is -2.09. The molecule has 0 aliphatic heterocycles. The Bertz CT molecular complexity index is 917. The molecule has 0 fully saturated rings. The van der Waals surface area contributed by atoms with Gasteiger partial charge in [0, 0.05) is 24.2 Å². The number of carbonyl (C=O) groups is 1. The number of alkyl halides is 3. The first-order chi connectivity index (χ1) is 13.1. The van der Waals surface area contributed by atoms with E-state index in [4.69, 9.17) is 0 Å². The van der Waals surface area contributed by atoms with E-state index >= 15 is 0 Å². The number of aromatic nitrogens is 2. The molecule has 0 saturated carbocycles. The topological polar surface area (TPSA) is 104 Å². The van der Waals surface area contributed by atoms with Gasteiger partial charge in [-0.3, -0.25) is 14.6 Å². The minimum atomic E-state index is -4.36. The summed E-state index contributed by atoms with van der Waals surface area (Å²) < 4.78 is 40.7. The van der Waals surface area contributed by atoms with Crippen molar-refractivity contribution in [1.29, 1.82) is 0 Å². The van der Waals surface area contributed by atoms with Crippen molar-refractivity contribution >= 4 is 5.91 Å². The molecule has 3 N–H and O–H groups in total. The molecule has 2 aromatic rings. The van der Waals surface area contributed by atoms with Crippen LogP contribution < -0.4 is 16.6 Å². The maximum Gasteiger partial charge on any atom is 0.411 e. The summed E-state index contributed by atoms with van der Waals surface area (Å²) in [5.74, 6) is -0.275. The minimum absolute atomic E-state index is 0.0688. The molecule has 0 unspecified atom stereocenters. The third-order valence-electron chi connectivity index (χ3n) is 3.90. The zero-order valence-corrected chi connectivity index (χ0v) is 15.1. The normalized spacial score (nSPS) is 11.4. The molecular weight excluding hydrogens is 379 g/mol. The molecule has 0 aliphatic carbocycles. The average molecular weight is 399 g/mol. The Balaban J connectivity index is 1.78. The number of halogens is 3. The Morgan fingerprint density at radius 2 is 1.75 bits per heavy atom. The number of aryl methyl sites for hydroxylation is 1. The number of rotatable bonds is 8. The summed E-state index contributed by atoms with van der Waals surface area (Å²) in [6.07, 6.45) is -4.11. The molecule has 1 aromatic heterocycles. The van der Waals surface area contributed by atoms with Gasteiger partial charge in [-0.2, -0.15) is 13.2 Å². The number of carbonyl (C=O) groups excluding carboxylic acids is 1. The lowest BCUT2D eigenvalue weighted by molar-refractivity contribution is -0.176. The number of hydrogen-bond donors (Lipinski definition) is 3. The molecule has 0 saturated heterocycles. The lowest BCUT2D eigenvalue weighted by atomic mass is 10.1. The van der Waals surface area contributed by atoms with Crippen LogP contribution in [0.2, 0.25) is 0 Å². The molecule has 0 radical (unpaired) electrons. The Morgan fingerprint density at radius 3 is 2.36 bits per heavy atom. The van der Waals surface area contributed by atoms with E-state index in [1.807, 2.05) is 0 Å². The van der Waals surface area contributed by atoms with E-state index in [0.29, 0.717) is 16.8 Å². The fourth-order valence-electron chi connectivity index (χ4n) is 2.49. The van der Waals surface area contributed by atoms with Crippen LogP contribution in [0.5, 0.6) is 0 Å². The van der Waals surface area contributed by atoms with Gasteiger partial charge in [0.05, 0.1) is 6.61 Å².